The molecule has 0 spiro atoms. The van der Waals surface area contributed by atoms with Crippen LogP contribution in [0.5, 0.6) is 17.2 Å². The number of rotatable bonds is 7. The van der Waals surface area contributed by atoms with E-state index < -0.39 is 0 Å². The number of imidazole rings is 1. The molecule has 0 saturated heterocycles. The van der Waals surface area contributed by atoms with E-state index in [1.54, 1.807) is 39.5 Å². The number of carbonyl (C=O) groups is 1. The van der Waals surface area contributed by atoms with Crippen LogP contribution in [0.3, 0.4) is 0 Å². The number of fused-ring (bicyclic) bond motifs is 1. The first kappa shape index (κ1) is 21.5. The van der Waals surface area contributed by atoms with Crippen molar-refractivity contribution in [3.63, 3.8) is 0 Å². The van der Waals surface area contributed by atoms with E-state index in [9.17, 15) is 4.79 Å². The lowest BCUT2D eigenvalue weighted by Crippen LogP contribution is -2.08. The van der Waals surface area contributed by atoms with Gasteiger partial charge in [0, 0.05) is 36.5 Å². The molecule has 1 aliphatic heterocycles. The molecule has 1 aliphatic rings. The van der Waals surface area contributed by atoms with Gasteiger partial charge in [-0.3, -0.25) is 4.79 Å². The van der Waals surface area contributed by atoms with E-state index in [0.29, 0.717) is 22.9 Å². The number of carbonyl (C=O) groups excluding carboxylic acids is 1. The molecule has 7 nitrogen and oxygen atoms in total. The second-order valence-electron chi connectivity index (χ2n) is 7.55. The number of anilines is 1. The number of benzene rings is 2. The molecule has 32 heavy (non-hydrogen) atoms. The number of nitrogens with zero attached hydrogens (tertiary/aromatic N) is 2. The van der Waals surface area contributed by atoms with Gasteiger partial charge in [-0.1, -0.05) is 12.1 Å². The summed E-state index contributed by atoms with van der Waals surface area (Å²) in [7, 11) is 4.66. The molecule has 1 aromatic heterocycles. The maximum absolute atomic E-state index is 12.5. The Balaban J connectivity index is 1.48. The van der Waals surface area contributed by atoms with Gasteiger partial charge in [-0.2, -0.15) is 0 Å². The van der Waals surface area contributed by atoms with E-state index in [4.69, 9.17) is 19.2 Å². The molecule has 0 atom stereocenters. The fraction of sp³-hybridized carbons (Fsp3) is 0.280. The zero-order valence-electron chi connectivity index (χ0n) is 18.6. The van der Waals surface area contributed by atoms with Gasteiger partial charge in [0.2, 0.25) is 11.7 Å². The normalized spacial score (nSPS) is 13.0. The highest BCUT2D eigenvalue weighted by Crippen LogP contribution is 2.38. The van der Waals surface area contributed by atoms with Crippen molar-refractivity contribution in [1.82, 2.24) is 9.55 Å². The highest BCUT2D eigenvalue weighted by Gasteiger charge is 2.14. The Morgan fingerprint density at radius 3 is 2.53 bits per heavy atom. The van der Waals surface area contributed by atoms with Gasteiger partial charge in [-0.15, -0.1) is 0 Å². The highest BCUT2D eigenvalue weighted by atomic mass is 16.5. The van der Waals surface area contributed by atoms with Gasteiger partial charge in [0.15, 0.2) is 11.5 Å². The van der Waals surface area contributed by atoms with Gasteiger partial charge < -0.3 is 24.1 Å². The van der Waals surface area contributed by atoms with Crippen molar-refractivity contribution in [1.29, 1.82) is 0 Å². The maximum atomic E-state index is 12.5. The summed E-state index contributed by atoms with van der Waals surface area (Å²) in [6.45, 7) is 1.02. The summed E-state index contributed by atoms with van der Waals surface area (Å²) in [6, 6.07) is 11.3. The lowest BCUT2D eigenvalue weighted by molar-refractivity contribution is -0.111. The largest absolute Gasteiger partial charge is 0.493 e. The highest BCUT2D eigenvalue weighted by molar-refractivity contribution is 6.02. The minimum absolute atomic E-state index is 0.236. The molecule has 0 saturated carbocycles. The number of hydrogen-bond donors (Lipinski definition) is 1. The molecule has 0 fully saturated rings. The Morgan fingerprint density at radius 1 is 1.06 bits per heavy atom. The smallest absolute Gasteiger partial charge is 0.248 e. The molecule has 7 heteroatoms. The molecule has 166 valence electrons. The Labute approximate surface area is 187 Å². The van der Waals surface area contributed by atoms with Crippen molar-refractivity contribution in [2.24, 2.45) is 0 Å². The SMILES string of the molecule is COc1cc(/C=C/C(=O)Nc2cccc(-c3cn4c(n3)CCCC4)c2)cc(OC)c1OC. The van der Waals surface area contributed by atoms with E-state index >= 15 is 0 Å². The standard InChI is InChI=1S/C25H27N3O4/c1-30-21-13-17(14-22(31-2)25(21)32-3)10-11-24(29)26-19-8-6-7-18(15-19)20-16-28-12-5-4-9-23(28)27-20/h6-8,10-11,13-16H,4-5,9,12H2,1-3H3,(H,26,29)/b11-10+. The van der Waals surface area contributed by atoms with Gasteiger partial charge in [0.1, 0.15) is 5.82 Å². The first-order valence-electron chi connectivity index (χ1n) is 10.6. The molecule has 0 bridgehead atoms. The number of amides is 1. The molecule has 2 heterocycles. The van der Waals surface area contributed by atoms with Crippen LogP contribution in [0.25, 0.3) is 17.3 Å². The molecule has 3 aromatic rings. The van der Waals surface area contributed by atoms with Gasteiger partial charge in [0.05, 0.1) is 27.0 Å². The number of nitrogens with one attached hydrogen (secondary N) is 1. The number of methoxy groups -OCH3 is 3. The quantitative estimate of drug-likeness (QED) is 0.553. The molecule has 1 N–H and O–H groups in total. The second-order valence-corrected chi connectivity index (χ2v) is 7.55. The third kappa shape index (κ3) is 4.61. The fourth-order valence-corrected chi connectivity index (χ4v) is 3.86. The zero-order valence-corrected chi connectivity index (χ0v) is 18.6. The Hall–Kier alpha value is -3.74. The van der Waals surface area contributed by atoms with Crippen LogP contribution in [-0.4, -0.2) is 36.8 Å². The minimum Gasteiger partial charge on any atom is -0.493 e. The number of ether oxygens (including phenoxy) is 3. The summed E-state index contributed by atoms with van der Waals surface area (Å²) >= 11 is 0. The zero-order chi connectivity index (χ0) is 22.5. The van der Waals surface area contributed by atoms with Crippen molar-refractivity contribution >= 4 is 17.7 Å². The van der Waals surface area contributed by atoms with Crippen molar-refractivity contribution < 1.29 is 19.0 Å². The third-order valence-corrected chi connectivity index (χ3v) is 5.45. The van der Waals surface area contributed by atoms with Crippen LogP contribution in [-0.2, 0) is 17.8 Å². The van der Waals surface area contributed by atoms with Gasteiger partial charge >= 0.3 is 0 Å². The summed E-state index contributed by atoms with van der Waals surface area (Å²) < 4.78 is 18.3. The monoisotopic (exact) mass is 433 g/mol. The minimum atomic E-state index is -0.236. The molecular weight excluding hydrogens is 406 g/mol. The summed E-state index contributed by atoms with van der Waals surface area (Å²) in [5, 5.41) is 2.92. The van der Waals surface area contributed by atoms with Crippen molar-refractivity contribution in [2.45, 2.75) is 25.8 Å². The number of hydrogen-bond acceptors (Lipinski definition) is 5. The van der Waals surface area contributed by atoms with E-state index in [1.807, 2.05) is 24.3 Å². The van der Waals surface area contributed by atoms with E-state index in [1.165, 1.54) is 18.9 Å². The van der Waals surface area contributed by atoms with E-state index in [2.05, 4.69) is 16.1 Å². The summed E-state index contributed by atoms with van der Waals surface area (Å²) in [4.78, 5) is 17.3. The molecule has 4 rings (SSSR count). The molecular formula is C25H27N3O4. The summed E-state index contributed by atoms with van der Waals surface area (Å²) in [6.07, 6.45) is 8.67. The van der Waals surface area contributed by atoms with Crippen LogP contribution < -0.4 is 19.5 Å². The van der Waals surface area contributed by atoms with Crippen LogP contribution in [0.2, 0.25) is 0 Å². The Morgan fingerprint density at radius 2 is 1.84 bits per heavy atom. The van der Waals surface area contributed by atoms with Gasteiger partial charge in [-0.05, 0) is 48.7 Å². The number of aryl methyl sites for hydroxylation is 2. The van der Waals surface area contributed by atoms with Crippen LogP contribution in [0, 0.1) is 0 Å². The van der Waals surface area contributed by atoms with Crippen LogP contribution >= 0.6 is 0 Å². The van der Waals surface area contributed by atoms with Crippen molar-refractivity contribution in [3.8, 4) is 28.5 Å². The van der Waals surface area contributed by atoms with Crippen LogP contribution in [0.1, 0.15) is 24.2 Å². The summed E-state index contributed by atoms with van der Waals surface area (Å²) in [5.41, 5.74) is 3.39. The van der Waals surface area contributed by atoms with E-state index in [-0.39, 0.29) is 5.91 Å². The first-order valence-corrected chi connectivity index (χ1v) is 10.6. The Bertz CT molecular complexity index is 1100. The molecule has 0 aliphatic carbocycles. The maximum Gasteiger partial charge on any atom is 0.248 e. The third-order valence-electron chi connectivity index (χ3n) is 5.45. The van der Waals surface area contributed by atoms with Crippen LogP contribution in [0.15, 0.2) is 48.7 Å². The van der Waals surface area contributed by atoms with Gasteiger partial charge in [0.25, 0.3) is 0 Å². The van der Waals surface area contributed by atoms with Crippen LogP contribution in [0.4, 0.5) is 5.69 Å². The fourth-order valence-electron chi connectivity index (χ4n) is 3.86. The van der Waals surface area contributed by atoms with Crippen molar-refractivity contribution in [3.05, 3.63) is 60.1 Å². The molecule has 0 unspecified atom stereocenters. The van der Waals surface area contributed by atoms with Crippen molar-refractivity contribution in [2.75, 3.05) is 26.6 Å². The lowest BCUT2D eigenvalue weighted by atomic mass is 10.1. The second kappa shape index (κ2) is 9.60. The van der Waals surface area contributed by atoms with Gasteiger partial charge in [-0.25, -0.2) is 4.98 Å². The lowest BCUT2D eigenvalue weighted by Gasteiger charge is -2.12. The number of aromatic nitrogens is 2. The van der Waals surface area contributed by atoms with E-state index in [0.717, 1.165) is 35.6 Å². The topological polar surface area (TPSA) is 74.6 Å². The summed E-state index contributed by atoms with van der Waals surface area (Å²) in [5.74, 6) is 2.47. The average molecular weight is 434 g/mol. The first-order chi connectivity index (χ1) is 15.6. The Kier molecular flexibility index (Phi) is 6.44. The molecule has 1 amide bonds. The predicted octanol–water partition coefficient (Wildman–Crippen LogP) is 4.56. The molecule has 2 aromatic carbocycles. The predicted molar refractivity (Wildman–Crippen MR) is 124 cm³/mol. The molecule has 0 radical (unpaired) electrons. The average Bonchev–Trinajstić information content (AvgIpc) is 3.26.